The number of hydrogen-bond acceptors (Lipinski definition) is 3. The Kier molecular flexibility index (Phi) is 4.70. The van der Waals surface area contributed by atoms with Gasteiger partial charge in [0, 0.05) is 24.6 Å². The van der Waals surface area contributed by atoms with E-state index in [9.17, 15) is 9.59 Å². The molecule has 1 saturated heterocycles. The molecule has 0 saturated carbocycles. The van der Waals surface area contributed by atoms with Gasteiger partial charge in [0.15, 0.2) is 0 Å². The van der Waals surface area contributed by atoms with E-state index in [0.29, 0.717) is 13.0 Å². The van der Waals surface area contributed by atoms with Crippen molar-refractivity contribution in [1.82, 2.24) is 10.2 Å². The summed E-state index contributed by atoms with van der Waals surface area (Å²) in [6, 6.07) is 18.2. The van der Waals surface area contributed by atoms with Crippen molar-refractivity contribution in [2.24, 2.45) is 0 Å². The summed E-state index contributed by atoms with van der Waals surface area (Å²) in [5, 5.41) is 2.69. The molecule has 2 amide bonds. The van der Waals surface area contributed by atoms with Crippen LogP contribution in [0.1, 0.15) is 24.8 Å². The van der Waals surface area contributed by atoms with Gasteiger partial charge >= 0.3 is 0 Å². The lowest BCUT2D eigenvalue weighted by atomic mass is 9.67. The van der Waals surface area contributed by atoms with Gasteiger partial charge in [-0.2, -0.15) is 0 Å². The van der Waals surface area contributed by atoms with Crippen LogP contribution >= 0.6 is 0 Å². The predicted octanol–water partition coefficient (Wildman–Crippen LogP) is 2.83. The summed E-state index contributed by atoms with van der Waals surface area (Å²) in [6.45, 7) is 2.10. The molecule has 0 aromatic heterocycles. The first-order chi connectivity index (χ1) is 13.1. The normalized spacial score (nSPS) is 19.0. The number of amides is 2. The van der Waals surface area contributed by atoms with Gasteiger partial charge in [-0.3, -0.25) is 19.4 Å². The van der Waals surface area contributed by atoms with E-state index in [1.165, 1.54) is 5.56 Å². The largest absolute Gasteiger partial charge is 0.358 e. The van der Waals surface area contributed by atoms with Crippen molar-refractivity contribution in [3.63, 3.8) is 0 Å². The minimum Gasteiger partial charge on any atom is -0.358 e. The number of anilines is 2. The number of carbonyl (C=O) groups is 2. The molecular formula is C22H25N3O2. The minimum atomic E-state index is -0.127. The van der Waals surface area contributed by atoms with E-state index in [2.05, 4.69) is 28.4 Å². The van der Waals surface area contributed by atoms with Gasteiger partial charge in [-0.15, -0.1) is 0 Å². The average molecular weight is 363 g/mol. The van der Waals surface area contributed by atoms with Crippen molar-refractivity contribution in [3.8, 4) is 0 Å². The lowest BCUT2D eigenvalue weighted by molar-refractivity contribution is -0.123. The first kappa shape index (κ1) is 17.7. The predicted molar refractivity (Wildman–Crippen MR) is 106 cm³/mol. The standard InChI is InChI=1S/C22H25N3O2/c1-23-20(26)16-24-13-11-22(12-14-24)15-21(27)25(17-7-3-2-4-8-17)19-10-6-5-9-18(19)22/h2-10H,11-16H2,1H3,(H,23,26). The number of piperidine rings is 1. The fraction of sp³-hybridized carbons (Fsp3) is 0.364. The molecule has 5 nitrogen and oxygen atoms in total. The number of rotatable bonds is 3. The third-order valence-electron chi connectivity index (χ3n) is 5.93. The fourth-order valence-electron chi connectivity index (χ4n) is 4.44. The third-order valence-corrected chi connectivity index (χ3v) is 5.93. The Morgan fingerprint density at radius 1 is 1.04 bits per heavy atom. The highest BCUT2D eigenvalue weighted by Crippen LogP contribution is 2.48. The summed E-state index contributed by atoms with van der Waals surface area (Å²) in [7, 11) is 1.67. The Labute approximate surface area is 160 Å². The SMILES string of the molecule is CNC(=O)CN1CCC2(CC1)CC(=O)N(c1ccccc1)c1ccccc12. The number of benzene rings is 2. The van der Waals surface area contributed by atoms with Crippen LogP contribution in [-0.4, -0.2) is 43.4 Å². The number of likely N-dealkylation sites (tertiary alicyclic amines) is 1. The molecule has 27 heavy (non-hydrogen) atoms. The first-order valence-electron chi connectivity index (χ1n) is 9.53. The Morgan fingerprint density at radius 3 is 2.41 bits per heavy atom. The maximum absolute atomic E-state index is 13.2. The van der Waals surface area contributed by atoms with Crippen molar-refractivity contribution in [3.05, 3.63) is 60.2 Å². The van der Waals surface area contributed by atoms with Crippen LogP contribution in [0.15, 0.2) is 54.6 Å². The molecule has 140 valence electrons. The molecule has 4 rings (SSSR count). The Hall–Kier alpha value is -2.66. The number of carbonyl (C=O) groups excluding carboxylic acids is 2. The van der Waals surface area contributed by atoms with Gasteiger partial charge < -0.3 is 5.32 Å². The van der Waals surface area contributed by atoms with Crippen molar-refractivity contribution >= 4 is 23.2 Å². The van der Waals surface area contributed by atoms with Gasteiger partial charge in [-0.1, -0.05) is 36.4 Å². The van der Waals surface area contributed by atoms with E-state index in [1.54, 1.807) is 7.05 Å². The maximum atomic E-state index is 13.2. The highest BCUT2D eigenvalue weighted by Gasteiger charge is 2.45. The van der Waals surface area contributed by atoms with E-state index in [0.717, 1.165) is 37.3 Å². The second-order valence-corrected chi connectivity index (χ2v) is 7.49. The number of hydrogen-bond donors (Lipinski definition) is 1. The lowest BCUT2D eigenvalue weighted by Crippen LogP contribution is -2.50. The maximum Gasteiger partial charge on any atom is 0.233 e. The smallest absolute Gasteiger partial charge is 0.233 e. The molecule has 1 spiro atoms. The number of nitrogens with zero attached hydrogens (tertiary/aromatic N) is 2. The number of para-hydroxylation sites is 2. The number of nitrogens with one attached hydrogen (secondary N) is 1. The van der Waals surface area contributed by atoms with Gasteiger partial charge in [0.05, 0.1) is 12.2 Å². The monoisotopic (exact) mass is 363 g/mol. The summed E-state index contributed by atoms with van der Waals surface area (Å²) in [6.07, 6.45) is 2.32. The highest BCUT2D eigenvalue weighted by atomic mass is 16.2. The summed E-state index contributed by atoms with van der Waals surface area (Å²) in [5.41, 5.74) is 3.05. The molecule has 2 heterocycles. The van der Waals surface area contributed by atoms with E-state index in [1.807, 2.05) is 41.3 Å². The molecule has 0 atom stereocenters. The zero-order valence-electron chi connectivity index (χ0n) is 15.6. The van der Waals surface area contributed by atoms with E-state index >= 15 is 0 Å². The Bertz CT molecular complexity index is 842. The number of likely N-dealkylation sites (N-methyl/N-ethyl adjacent to an activating group) is 1. The van der Waals surface area contributed by atoms with E-state index < -0.39 is 0 Å². The summed E-state index contributed by atoms with van der Waals surface area (Å²) >= 11 is 0. The van der Waals surface area contributed by atoms with Crippen LogP contribution in [-0.2, 0) is 15.0 Å². The molecule has 0 bridgehead atoms. The quantitative estimate of drug-likeness (QED) is 0.912. The molecule has 2 aromatic rings. The summed E-state index contributed by atoms with van der Waals surface area (Å²) in [5.74, 6) is 0.195. The highest BCUT2D eigenvalue weighted by molar-refractivity contribution is 6.04. The van der Waals surface area contributed by atoms with Crippen LogP contribution in [0.3, 0.4) is 0 Å². The van der Waals surface area contributed by atoms with E-state index in [-0.39, 0.29) is 17.2 Å². The fourth-order valence-corrected chi connectivity index (χ4v) is 4.44. The van der Waals surface area contributed by atoms with Crippen LogP contribution in [0.5, 0.6) is 0 Å². The second-order valence-electron chi connectivity index (χ2n) is 7.49. The zero-order valence-corrected chi connectivity index (χ0v) is 15.6. The van der Waals surface area contributed by atoms with Crippen LogP contribution < -0.4 is 10.2 Å². The van der Waals surface area contributed by atoms with Crippen molar-refractivity contribution in [1.29, 1.82) is 0 Å². The van der Waals surface area contributed by atoms with Crippen LogP contribution in [0.4, 0.5) is 11.4 Å². The first-order valence-corrected chi connectivity index (χ1v) is 9.53. The second kappa shape index (κ2) is 7.16. The van der Waals surface area contributed by atoms with Crippen LogP contribution in [0, 0.1) is 0 Å². The van der Waals surface area contributed by atoms with Gasteiger partial charge in [0.25, 0.3) is 0 Å². The molecule has 0 unspecified atom stereocenters. The molecule has 2 aliphatic rings. The molecular weight excluding hydrogens is 338 g/mol. The molecule has 2 aromatic carbocycles. The van der Waals surface area contributed by atoms with Crippen LogP contribution in [0.2, 0.25) is 0 Å². The Morgan fingerprint density at radius 2 is 1.70 bits per heavy atom. The summed E-state index contributed by atoms with van der Waals surface area (Å²) < 4.78 is 0. The van der Waals surface area contributed by atoms with Crippen molar-refractivity contribution in [2.75, 3.05) is 31.6 Å². The zero-order chi connectivity index (χ0) is 18.9. The number of fused-ring (bicyclic) bond motifs is 2. The van der Waals surface area contributed by atoms with Gasteiger partial charge in [-0.05, 0) is 49.7 Å². The van der Waals surface area contributed by atoms with Gasteiger partial charge in [0.2, 0.25) is 11.8 Å². The van der Waals surface area contributed by atoms with Gasteiger partial charge in [0.1, 0.15) is 0 Å². The molecule has 2 aliphatic heterocycles. The molecule has 1 fully saturated rings. The average Bonchev–Trinajstić information content (AvgIpc) is 2.70. The molecule has 0 radical (unpaired) electrons. The van der Waals surface area contributed by atoms with Crippen molar-refractivity contribution in [2.45, 2.75) is 24.7 Å². The lowest BCUT2D eigenvalue weighted by Gasteiger charge is -2.47. The third kappa shape index (κ3) is 3.23. The minimum absolute atomic E-state index is 0.0429. The molecule has 0 aliphatic carbocycles. The van der Waals surface area contributed by atoms with Crippen LogP contribution in [0.25, 0.3) is 0 Å². The van der Waals surface area contributed by atoms with E-state index in [4.69, 9.17) is 0 Å². The molecule has 5 heteroatoms. The summed E-state index contributed by atoms with van der Waals surface area (Å²) in [4.78, 5) is 28.9. The van der Waals surface area contributed by atoms with Gasteiger partial charge in [-0.25, -0.2) is 0 Å². The Balaban J connectivity index is 1.64. The van der Waals surface area contributed by atoms with Crippen molar-refractivity contribution < 1.29 is 9.59 Å². The molecule has 1 N–H and O–H groups in total. The topological polar surface area (TPSA) is 52.7 Å².